The van der Waals surface area contributed by atoms with Crippen molar-refractivity contribution in [3.05, 3.63) is 164 Å². The van der Waals surface area contributed by atoms with Crippen LogP contribution in [0.4, 0.5) is 33.0 Å². The van der Waals surface area contributed by atoms with Gasteiger partial charge in [0, 0.05) is 49.4 Å². The third kappa shape index (κ3) is 7.12. The predicted molar refractivity (Wildman–Crippen MR) is 210 cm³/mol. The molecule has 1 aromatic heterocycles. The number of rotatable bonds is 5. The van der Waals surface area contributed by atoms with E-state index in [4.69, 9.17) is 9.72 Å². The number of aromatic nitrogens is 1. The Labute approximate surface area is 326 Å². The standard InChI is InChI=1S/C46H40FN4O.Pd/c1-45(2,3)31-14-17-34(18-15-31)49-24-25-50(30-49)35-10-9-11-36(28-35)52-37-19-21-41-39-13-8-7-12-38(39)40-20-16-33(47)27-42(40)51(43(41)29-37)44-26-32(22-23-48-44)46(4,5)6;/h7-27,30H,1-6H3;/q-3;. The maximum atomic E-state index is 15.1. The zero-order chi connectivity index (χ0) is 36.2. The fourth-order valence-electron chi connectivity index (χ4n) is 6.70. The SMILES string of the molecule is CC(C)(C)c1ccc(N2C=CN(c3[c-]c(Oc4[c-]c5c(cc4)-c4ccccc4-c4ccc(F)cc4N5c4cc(C(C)(C)C)ccn4)ccc3)[CH-]2)cc1.[Pd]. The molecule has 0 aliphatic carbocycles. The molecule has 0 fully saturated rings. The second-order valence-electron chi connectivity index (χ2n) is 15.3. The van der Waals surface area contributed by atoms with E-state index in [2.05, 4.69) is 101 Å². The molecule has 7 heteroatoms. The third-order valence-electron chi connectivity index (χ3n) is 9.59. The maximum Gasteiger partial charge on any atom is 0.135 e. The van der Waals surface area contributed by atoms with E-state index < -0.39 is 0 Å². The summed E-state index contributed by atoms with van der Waals surface area (Å²) in [4.78, 5) is 10.9. The molecule has 3 heterocycles. The monoisotopic (exact) mass is 789 g/mol. The van der Waals surface area contributed by atoms with Crippen molar-refractivity contribution in [3.8, 4) is 33.8 Å². The summed E-state index contributed by atoms with van der Waals surface area (Å²) in [7, 11) is 0. The fraction of sp³-hybridized carbons (Fsp3) is 0.174. The Balaban J connectivity index is 0.00000435. The van der Waals surface area contributed by atoms with Gasteiger partial charge >= 0.3 is 0 Å². The average Bonchev–Trinajstić information content (AvgIpc) is 3.59. The smallest absolute Gasteiger partial charge is 0.135 e. The predicted octanol–water partition coefficient (Wildman–Crippen LogP) is 12.2. The van der Waals surface area contributed by atoms with Crippen LogP contribution in [0.5, 0.6) is 11.5 Å². The van der Waals surface area contributed by atoms with Gasteiger partial charge in [-0.2, -0.15) is 12.1 Å². The number of anilines is 5. The van der Waals surface area contributed by atoms with E-state index in [0.29, 0.717) is 28.7 Å². The average molecular weight is 790 g/mol. The Morgan fingerprint density at radius 1 is 0.642 bits per heavy atom. The maximum absolute atomic E-state index is 15.1. The first-order valence-corrected chi connectivity index (χ1v) is 17.6. The summed E-state index contributed by atoms with van der Waals surface area (Å²) < 4.78 is 21.6. The number of nitrogens with zero attached hydrogens (tertiary/aromatic N) is 4. The van der Waals surface area contributed by atoms with Gasteiger partial charge in [-0.3, -0.25) is 0 Å². The number of pyridine rings is 1. The van der Waals surface area contributed by atoms with Crippen molar-refractivity contribution in [3.63, 3.8) is 0 Å². The number of hydrogen-bond donors (Lipinski definition) is 0. The van der Waals surface area contributed by atoms with Crippen molar-refractivity contribution in [2.45, 2.75) is 52.4 Å². The zero-order valence-corrected chi connectivity index (χ0v) is 32.1. The summed E-state index contributed by atoms with van der Waals surface area (Å²) in [5.74, 6) is 1.39. The van der Waals surface area contributed by atoms with Crippen LogP contribution in [-0.4, -0.2) is 4.98 Å². The van der Waals surface area contributed by atoms with Crippen LogP contribution in [-0.2, 0) is 31.3 Å². The number of halogens is 1. The molecule has 0 spiro atoms. The second-order valence-corrected chi connectivity index (χ2v) is 15.3. The molecule has 5 aromatic carbocycles. The third-order valence-corrected chi connectivity index (χ3v) is 9.59. The zero-order valence-electron chi connectivity index (χ0n) is 30.6. The second kappa shape index (κ2) is 14.0. The van der Waals surface area contributed by atoms with Crippen molar-refractivity contribution in [2.24, 2.45) is 0 Å². The van der Waals surface area contributed by atoms with Gasteiger partial charge in [-0.05, 0) is 82.4 Å². The Morgan fingerprint density at radius 2 is 1.32 bits per heavy atom. The summed E-state index contributed by atoms with van der Waals surface area (Å²) in [6.45, 7) is 15.2. The molecule has 2 aliphatic rings. The van der Waals surface area contributed by atoms with Crippen LogP contribution in [0.2, 0.25) is 0 Å². The minimum Gasteiger partial charge on any atom is -0.509 e. The number of fused-ring (bicyclic) bond motifs is 5. The minimum atomic E-state index is -0.330. The van der Waals surface area contributed by atoms with Gasteiger partial charge in [0.25, 0.3) is 0 Å². The van der Waals surface area contributed by atoms with Crippen LogP contribution in [0.15, 0.2) is 128 Å². The van der Waals surface area contributed by atoms with Gasteiger partial charge in [0.2, 0.25) is 0 Å². The Hall–Kier alpha value is -5.22. The molecule has 5 nitrogen and oxygen atoms in total. The van der Waals surface area contributed by atoms with Gasteiger partial charge < -0.3 is 19.4 Å². The van der Waals surface area contributed by atoms with Crippen LogP contribution in [0, 0.1) is 24.6 Å². The van der Waals surface area contributed by atoms with E-state index in [0.717, 1.165) is 39.2 Å². The van der Waals surface area contributed by atoms with Crippen LogP contribution < -0.4 is 19.4 Å². The van der Waals surface area contributed by atoms with Crippen molar-refractivity contribution in [1.82, 2.24) is 4.98 Å². The molecule has 0 N–H and O–H groups in total. The van der Waals surface area contributed by atoms with E-state index in [9.17, 15) is 0 Å². The number of hydrogen-bond acceptors (Lipinski definition) is 5. The fourth-order valence-corrected chi connectivity index (χ4v) is 6.70. The van der Waals surface area contributed by atoms with Crippen molar-refractivity contribution >= 4 is 28.6 Å². The normalized spacial score (nSPS) is 13.5. The van der Waals surface area contributed by atoms with E-state index in [1.807, 2.05) is 89.7 Å². The van der Waals surface area contributed by atoms with Gasteiger partial charge in [0.05, 0.1) is 5.69 Å². The van der Waals surface area contributed by atoms with Crippen molar-refractivity contribution in [2.75, 3.05) is 14.7 Å². The molecule has 0 saturated carbocycles. The first-order chi connectivity index (χ1) is 24.9. The first-order valence-electron chi connectivity index (χ1n) is 17.6. The molecule has 2 aliphatic heterocycles. The molecule has 8 rings (SSSR count). The molecular formula is C46H40FN4OPd-3. The Morgan fingerprint density at radius 3 is 2.06 bits per heavy atom. The molecule has 0 radical (unpaired) electrons. The molecule has 0 atom stereocenters. The molecule has 270 valence electrons. The van der Waals surface area contributed by atoms with Crippen LogP contribution >= 0.6 is 0 Å². The summed E-state index contributed by atoms with van der Waals surface area (Å²) in [5.41, 5.74) is 9.56. The molecule has 6 aromatic rings. The quantitative estimate of drug-likeness (QED) is 0.128. The minimum absolute atomic E-state index is 0. The summed E-state index contributed by atoms with van der Waals surface area (Å²) >= 11 is 0. The molecule has 53 heavy (non-hydrogen) atoms. The van der Waals surface area contributed by atoms with Crippen LogP contribution in [0.25, 0.3) is 22.3 Å². The summed E-state index contributed by atoms with van der Waals surface area (Å²) in [6, 6.07) is 42.7. The summed E-state index contributed by atoms with van der Waals surface area (Å²) in [5, 5.41) is 0. The van der Waals surface area contributed by atoms with Gasteiger partial charge in [-0.25, -0.2) is 9.37 Å². The molecule has 0 saturated heterocycles. The van der Waals surface area contributed by atoms with E-state index >= 15 is 4.39 Å². The molecule has 0 amide bonds. The topological polar surface area (TPSA) is 31.8 Å². The number of benzene rings is 5. The van der Waals surface area contributed by atoms with E-state index in [1.54, 1.807) is 6.07 Å². The van der Waals surface area contributed by atoms with Gasteiger partial charge in [0.1, 0.15) is 11.6 Å². The van der Waals surface area contributed by atoms with E-state index in [1.165, 1.54) is 11.6 Å². The van der Waals surface area contributed by atoms with Crippen molar-refractivity contribution < 1.29 is 29.6 Å². The molecular weight excluding hydrogens is 750 g/mol. The van der Waals surface area contributed by atoms with Gasteiger partial charge in [-0.15, -0.1) is 48.3 Å². The molecule has 0 unspecified atom stereocenters. The Bertz CT molecular complexity index is 2320. The summed E-state index contributed by atoms with van der Waals surface area (Å²) in [6.07, 6.45) is 5.86. The van der Waals surface area contributed by atoms with Crippen LogP contribution in [0.3, 0.4) is 0 Å². The van der Waals surface area contributed by atoms with Crippen LogP contribution in [0.1, 0.15) is 52.7 Å². The largest absolute Gasteiger partial charge is 0.509 e. The van der Waals surface area contributed by atoms with Gasteiger partial charge in [0.15, 0.2) is 0 Å². The van der Waals surface area contributed by atoms with Gasteiger partial charge in [-0.1, -0.05) is 89.2 Å². The number of ether oxygens (including phenoxy) is 1. The Kier molecular flexibility index (Phi) is 9.53. The van der Waals surface area contributed by atoms with E-state index in [-0.39, 0.29) is 37.1 Å². The van der Waals surface area contributed by atoms with Crippen molar-refractivity contribution in [1.29, 1.82) is 0 Å². The first kappa shape index (κ1) is 36.2. The molecule has 0 bridgehead atoms.